The molecule has 0 aliphatic heterocycles. The quantitative estimate of drug-likeness (QED) is 0.319. The Hall–Kier alpha value is -3.03. The average molecular weight is 354 g/mol. The number of para-hydroxylation sites is 2. The van der Waals surface area contributed by atoms with Crippen LogP contribution in [0.5, 0.6) is 0 Å². The Bertz CT molecular complexity index is 1240. The number of hydrogen-bond acceptors (Lipinski definition) is 0. The number of aromatic nitrogens is 1. The van der Waals surface area contributed by atoms with E-state index >= 15 is 0 Å². The first-order valence-electron chi connectivity index (χ1n) is 8.66. The van der Waals surface area contributed by atoms with E-state index in [-0.39, 0.29) is 0 Å². The number of hydrogen-bond donors (Lipinski definition) is 0. The third-order valence-corrected chi connectivity index (χ3v) is 5.10. The summed E-state index contributed by atoms with van der Waals surface area (Å²) in [6.45, 7) is 0. The van der Waals surface area contributed by atoms with E-state index in [2.05, 4.69) is 89.5 Å². The molecule has 0 saturated carbocycles. The molecule has 0 saturated heterocycles. The van der Waals surface area contributed by atoms with Gasteiger partial charge < -0.3 is 4.57 Å². The second-order valence-corrected chi connectivity index (χ2v) is 6.83. The highest BCUT2D eigenvalue weighted by Crippen LogP contribution is 2.36. The normalized spacial score (nSPS) is 11.3. The molecule has 0 bridgehead atoms. The van der Waals surface area contributed by atoms with Crippen LogP contribution in [-0.2, 0) is 0 Å². The van der Waals surface area contributed by atoms with Crippen LogP contribution >= 0.6 is 11.6 Å². The fraction of sp³-hybridized carbons (Fsp3) is 0. The van der Waals surface area contributed by atoms with E-state index in [1.165, 1.54) is 27.4 Å². The second-order valence-electron chi connectivity index (χ2n) is 6.40. The predicted octanol–water partition coefficient (Wildman–Crippen LogP) is 7.10. The Morgan fingerprint density at radius 2 is 1.27 bits per heavy atom. The van der Waals surface area contributed by atoms with Crippen LogP contribution in [0.25, 0.3) is 38.6 Å². The Morgan fingerprint density at radius 1 is 0.577 bits per heavy atom. The molecule has 124 valence electrons. The van der Waals surface area contributed by atoms with Crippen molar-refractivity contribution < 1.29 is 0 Å². The number of benzene rings is 4. The largest absolute Gasteiger partial charge is 0.309 e. The number of halogens is 1. The highest BCUT2D eigenvalue weighted by Gasteiger charge is 2.15. The van der Waals surface area contributed by atoms with Gasteiger partial charge in [0.2, 0.25) is 0 Å². The summed E-state index contributed by atoms with van der Waals surface area (Å²) in [7, 11) is 0. The minimum absolute atomic E-state index is 0.749. The molecule has 0 amide bonds. The number of rotatable bonds is 2. The highest BCUT2D eigenvalue weighted by molar-refractivity contribution is 6.31. The molecule has 0 radical (unpaired) electrons. The molecule has 4 aromatic carbocycles. The van der Waals surface area contributed by atoms with Crippen LogP contribution in [0.1, 0.15) is 0 Å². The third kappa shape index (κ3) is 2.33. The molecular formula is C24H16ClN. The van der Waals surface area contributed by atoms with Gasteiger partial charge in [0, 0.05) is 21.4 Å². The van der Waals surface area contributed by atoms with Crippen molar-refractivity contribution in [2.45, 2.75) is 0 Å². The predicted molar refractivity (Wildman–Crippen MR) is 111 cm³/mol. The molecule has 5 rings (SSSR count). The summed E-state index contributed by atoms with van der Waals surface area (Å²) in [5.41, 5.74) is 5.88. The molecular weight excluding hydrogens is 338 g/mol. The molecule has 0 N–H and O–H groups in total. The third-order valence-electron chi connectivity index (χ3n) is 4.87. The molecule has 0 atom stereocenters. The second kappa shape index (κ2) is 6.05. The van der Waals surface area contributed by atoms with Gasteiger partial charge in [0.25, 0.3) is 0 Å². The minimum atomic E-state index is 0.749. The van der Waals surface area contributed by atoms with Gasteiger partial charge in [-0.3, -0.25) is 0 Å². The topological polar surface area (TPSA) is 4.93 Å². The molecule has 2 heteroatoms. The van der Waals surface area contributed by atoms with Gasteiger partial charge in [-0.05, 0) is 29.8 Å². The zero-order chi connectivity index (χ0) is 17.5. The monoisotopic (exact) mass is 353 g/mol. The Morgan fingerprint density at radius 3 is 2.15 bits per heavy atom. The summed E-state index contributed by atoms with van der Waals surface area (Å²) >= 11 is 6.35. The SMILES string of the molecule is Clc1ccc2c3ccccc3n(-c3ccccc3-c3ccccc3)c2c1. The smallest absolute Gasteiger partial charge is 0.0556 e. The molecule has 5 aromatic rings. The fourth-order valence-electron chi connectivity index (χ4n) is 3.73. The van der Waals surface area contributed by atoms with E-state index < -0.39 is 0 Å². The molecule has 1 aromatic heterocycles. The van der Waals surface area contributed by atoms with Crippen LogP contribution in [0, 0.1) is 0 Å². The molecule has 0 spiro atoms. The van der Waals surface area contributed by atoms with E-state index in [1.54, 1.807) is 0 Å². The Balaban J connectivity index is 1.93. The summed E-state index contributed by atoms with van der Waals surface area (Å²) in [6, 6.07) is 33.7. The van der Waals surface area contributed by atoms with Gasteiger partial charge in [0.15, 0.2) is 0 Å². The maximum Gasteiger partial charge on any atom is 0.0556 e. The van der Waals surface area contributed by atoms with Crippen molar-refractivity contribution in [2.75, 3.05) is 0 Å². The Labute approximate surface area is 157 Å². The van der Waals surface area contributed by atoms with Gasteiger partial charge in [-0.1, -0.05) is 84.4 Å². The maximum atomic E-state index is 6.35. The van der Waals surface area contributed by atoms with Crippen molar-refractivity contribution in [3.8, 4) is 16.8 Å². The van der Waals surface area contributed by atoms with Crippen molar-refractivity contribution in [3.05, 3.63) is 102 Å². The highest BCUT2D eigenvalue weighted by atomic mass is 35.5. The molecule has 0 aliphatic carbocycles. The van der Waals surface area contributed by atoms with E-state index in [9.17, 15) is 0 Å². The zero-order valence-corrected chi connectivity index (χ0v) is 14.8. The average Bonchev–Trinajstić information content (AvgIpc) is 3.02. The first-order valence-corrected chi connectivity index (χ1v) is 9.04. The summed E-state index contributed by atoms with van der Waals surface area (Å²) in [5.74, 6) is 0. The summed E-state index contributed by atoms with van der Waals surface area (Å²) in [5, 5.41) is 3.20. The van der Waals surface area contributed by atoms with Gasteiger partial charge in [0.05, 0.1) is 16.7 Å². The van der Waals surface area contributed by atoms with Gasteiger partial charge in [-0.2, -0.15) is 0 Å². The standard InChI is InChI=1S/C24H16ClN/c25-18-14-15-21-20-11-5-7-13-23(20)26(24(21)16-18)22-12-6-4-10-19(22)17-8-2-1-3-9-17/h1-16H. The van der Waals surface area contributed by atoms with Crippen molar-refractivity contribution in [1.29, 1.82) is 0 Å². The lowest BCUT2D eigenvalue weighted by Crippen LogP contribution is -1.96. The van der Waals surface area contributed by atoms with Gasteiger partial charge in [-0.15, -0.1) is 0 Å². The van der Waals surface area contributed by atoms with Crippen molar-refractivity contribution in [1.82, 2.24) is 4.57 Å². The Kier molecular flexibility index (Phi) is 3.55. The van der Waals surface area contributed by atoms with Crippen molar-refractivity contribution in [3.63, 3.8) is 0 Å². The minimum Gasteiger partial charge on any atom is -0.309 e. The van der Waals surface area contributed by atoms with Crippen LogP contribution < -0.4 is 0 Å². The van der Waals surface area contributed by atoms with Crippen LogP contribution in [-0.4, -0.2) is 4.57 Å². The summed E-state index contributed by atoms with van der Waals surface area (Å²) < 4.78 is 2.32. The van der Waals surface area contributed by atoms with E-state index in [1.807, 2.05) is 12.1 Å². The molecule has 1 nitrogen and oxygen atoms in total. The first-order chi connectivity index (χ1) is 12.8. The van der Waals surface area contributed by atoms with Crippen LogP contribution in [0.2, 0.25) is 5.02 Å². The molecule has 26 heavy (non-hydrogen) atoms. The fourth-order valence-corrected chi connectivity index (χ4v) is 3.90. The first kappa shape index (κ1) is 15.2. The van der Waals surface area contributed by atoms with E-state index in [4.69, 9.17) is 11.6 Å². The van der Waals surface area contributed by atoms with E-state index in [0.717, 1.165) is 16.2 Å². The van der Waals surface area contributed by atoms with Gasteiger partial charge in [-0.25, -0.2) is 0 Å². The van der Waals surface area contributed by atoms with Crippen LogP contribution in [0.4, 0.5) is 0 Å². The van der Waals surface area contributed by atoms with Crippen molar-refractivity contribution >= 4 is 33.4 Å². The lowest BCUT2D eigenvalue weighted by Gasteiger charge is -2.14. The molecule has 0 aliphatic rings. The summed E-state index contributed by atoms with van der Waals surface area (Å²) in [4.78, 5) is 0. The number of nitrogens with zero attached hydrogens (tertiary/aromatic N) is 1. The lowest BCUT2D eigenvalue weighted by molar-refractivity contribution is 1.18. The molecule has 0 unspecified atom stereocenters. The summed E-state index contributed by atoms with van der Waals surface area (Å²) in [6.07, 6.45) is 0. The van der Waals surface area contributed by atoms with E-state index in [0.29, 0.717) is 0 Å². The lowest BCUT2D eigenvalue weighted by atomic mass is 10.0. The zero-order valence-electron chi connectivity index (χ0n) is 14.1. The van der Waals surface area contributed by atoms with Gasteiger partial charge >= 0.3 is 0 Å². The maximum absolute atomic E-state index is 6.35. The molecule has 0 fully saturated rings. The molecule has 1 heterocycles. The van der Waals surface area contributed by atoms with Gasteiger partial charge in [0.1, 0.15) is 0 Å². The van der Waals surface area contributed by atoms with Crippen LogP contribution in [0.3, 0.4) is 0 Å². The van der Waals surface area contributed by atoms with Crippen LogP contribution in [0.15, 0.2) is 97.1 Å². The van der Waals surface area contributed by atoms with Crippen molar-refractivity contribution in [2.24, 2.45) is 0 Å². The number of fused-ring (bicyclic) bond motifs is 3.